The van der Waals surface area contributed by atoms with Gasteiger partial charge in [-0.2, -0.15) is 0 Å². The van der Waals surface area contributed by atoms with Crippen molar-refractivity contribution in [3.8, 4) is 0 Å². The van der Waals surface area contributed by atoms with E-state index in [1.807, 2.05) is 13.8 Å². The molecule has 0 saturated heterocycles. The van der Waals surface area contributed by atoms with E-state index in [2.05, 4.69) is 37.4 Å². The predicted octanol–water partition coefficient (Wildman–Crippen LogP) is 2.05. The first kappa shape index (κ1) is 13.7. The number of nitrogens with two attached hydrogens (primary N) is 1. The summed E-state index contributed by atoms with van der Waals surface area (Å²) >= 11 is 0. The van der Waals surface area contributed by atoms with E-state index in [4.69, 9.17) is 5.73 Å². The molecule has 1 rings (SSSR count). The minimum absolute atomic E-state index is 0.261. The average Bonchev–Trinajstić information content (AvgIpc) is 2.14. The maximum absolute atomic E-state index is 10.9. The minimum Gasteiger partial charge on any atom is -0.370 e. The summed E-state index contributed by atoms with van der Waals surface area (Å²) in [5.74, 6) is -0.275. The largest absolute Gasteiger partial charge is 0.370 e. The molecule has 17 heavy (non-hydrogen) atoms. The van der Waals surface area contributed by atoms with Gasteiger partial charge < -0.3 is 11.1 Å². The lowest BCUT2D eigenvalue weighted by atomic mass is 9.99. The van der Waals surface area contributed by atoms with Crippen molar-refractivity contribution < 1.29 is 4.79 Å². The normalized spacial score (nSPS) is 11.5. The molecule has 0 radical (unpaired) electrons. The van der Waals surface area contributed by atoms with Gasteiger partial charge >= 0.3 is 0 Å². The highest BCUT2D eigenvalue weighted by atomic mass is 16.1. The quantitative estimate of drug-likeness (QED) is 0.819. The zero-order chi connectivity index (χ0) is 13.1. The number of carbonyl (C=O) groups excluding carboxylic acids is 1. The SMILES string of the molecule is Cc1ccc(CNC(C)(C)CC(N)=O)c(C)c1. The summed E-state index contributed by atoms with van der Waals surface area (Å²) in [5.41, 5.74) is 8.75. The van der Waals surface area contributed by atoms with Crippen molar-refractivity contribution in [3.63, 3.8) is 0 Å². The van der Waals surface area contributed by atoms with E-state index in [9.17, 15) is 4.79 Å². The van der Waals surface area contributed by atoms with E-state index in [1.54, 1.807) is 0 Å². The molecule has 0 atom stereocenters. The first-order valence-corrected chi connectivity index (χ1v) is 5.90. The van der Waals surface area contributed by atoms with Crippen molar-refractivity contribution in [1.82, 2.24) is 5.32 Å². The van der Waals surface area contributed by atoms with Gasteiger partial charge in [-0.05, 0) is 38.8 Å². The Kier molecular flexibility index (Phi) is 4.29. The summed E-state index contributed by atoms with van der Waals surface area (Å²) < 4.78 is 0. The van der Waals surface area contributed by atoms with Gasteiger partial charge in [-0.15, -0.1) is 0 Å². The van der Waals surface area contributed by atoms with E-state index >= 15 is 0 Å². The Morgan fingerprint density at radius 3 is 2.53 bits per heavy atom. The number of hydrogen-bond acceptors (Lipinski definition) is 2. The van der Waals surface area contributed by atoms with Crippen LogP contribution in [0.5, 0.6) is 0 Å². The van der Waals surface area contributed by atoms with E-state index in [0.717, 1.165) is 6.54 Å². The van der Waals surface area contributed by atoms with Crippen molar-refractivity contribution in [2.45, 2.75) is 46.2 Å². The third-order valence-electron chi connectivity index (χ3n) is 2.87. The van der Waals surface area contributed by atoms with Crippen LogP contribution in [0, 0.1) is 13.8 Å². The second-order valence-electron chi connectivity index (χ2n) is 5.31. The molecule has 0 aliphatic carbocycles. The lowest BCUT2D eigenvalue weighted by molar-refractivity contribution is -0.119. The molecule has 0 unspecified atom stereocenters. The molecule has 0 aliphatic heterocycles. The van der Waals surface area contributed by atoms with Crippen LogP contribution in [0.3, 0.4) is 0 Å². The molecule has 1 aromatic carbocycles. The lowest BCUT2D eigenvalue weighted by Crippen LogP contribution is -2.42. The van der Waals surface area contributed by atoms with Gasteiger partial charge in [-0.25, -0.2) is 0 Å². The molecule has 1 amide bonds. The third kappa shape index (κ3) is 4.57. The molecule has 0 heterocycles. The lowest BCUT2D eigenvalue weighted by Gasteiger charge is -2.25. The minimum atomic E-state index is -0.275. The summed E-state index contributed by atoms with van der Waals surface area (Å²) in [6.07, 6.45) is 0.345. The van der Waals surface area contributed by atoms with Crippen molar-refractivity contribution in [2.75, 3.05) is 0 Å². The van der Waals surface area contributed by atoms with Crippen LogP contribution >= 0.6 is 0 Å². The number of carbonyl (C=O) groups is 1. The first-order valence-electron chi connectivity index (χ1n) is 5.90. The van der Waals surface area contributed by atoms with E-state index in [0.29, 0.717) is 6.42 Å². The molecule has 1 aromatic rings. The fourth-order valence-electron chi connectivity index (χ4n) is 1.88. The summed E-state index contributed by atoms with van der Waals surface area (Å²) in [6.45, 7) is 8.92. The van der Waals surface area contributed by atoms with Crippen molar-refractivity contribution in [3.05, 3.63) is 34.9 Å². The Morgan fingerprint density at radius 2 is 2.00 bits per heavy atom. The van der Waals surface area contributed by atoms with Crippen LogP contribution in [0.2, 0.25) is 0 Å². The molecule has 0 saturated carbocycles. The molecule has 94 valence electrons. The molecular formula is C14H22N2O. The van der Waals surface area contributed by atoms with Gasteiger partial charge in [-0.3, -0.25) is 4.79 Å². The van der Waals surface area contributed by atoms with Crippen molar-refractivity contribution in [2.24, 2.45) is 5.73 Å². The molecule has 0 aliphatic rings. The maximum atomic E-state index is 10.9. The third-order valence-corrected chi connectivity index (χ3v) is 2.87. The van der Waals surface area contributed by atoms with Crippen molar-refractivity contribution in [1.29, 1.82) is 0 Å². The van der Waals surface area contributed by atoms with Crippen LogP contribution in [0.4, 0.5) is 0 Å². The van der Waals surface area contributed by atoms with Crippen LogP contribution in [-0.4, -0.2) is 11.4 Å². The Balaban J connectivity index is 2.64. The summed E-state index contributed by atoms with van der Waals surface area (Å²) in [7, 11) is 0. The molecule has 3 N–H and O–H groups in total. The summed E-state index contributed by atoms with van der Waals surface area (Å²) in [4.78, 5) is 10.9. The van der Waals surface area contributed by atoms with E-state index in [-0.39, 0.29) is 11.4 Å². The molecular weight excluding hydrogens is 212 g/mol. The maximum Gasteiger partial charge on any atom is 0.219 e. The Bertz CT molecular complexity index is 411. The van der Waals surface area contributed by atoms with Crippen LogP contribution in [0.1, 0.15) is 37.0 Å². The van der Waals surface area contributed by atoms with Gasteiger partial charge in [0.05, 0.1) is 0 Å². The molecule has 3 nitrogen and oxygen atoms in total. The fraction of sp³-hybridized carbons (Fsp3) is 0.500. The zero-order valence-electron chi connectivity index (χ0n) is 11.1. The monoisotopic (exact) mass is 234 g/mol. The highest BCUT2D eigenvalue weighted by molar-refractivity contribution is 5.75. The average molecular weight is 234 g/mol. The molecule has 0 spiro atoms. The van der Waals surface area contributed by atoms with E-state index in [1.165, 1.54) is 16.7 Å². The van der Waals surface area contributed by atoms with Gasteiger partial charge in [0.2, 0.25) is 5.91 Å². The molecule has 3 heteroatoms. The Morgan fingerprint density at radius 1 is 1.35 bits per heavy atom. The van der Waals surface area contributed by atoms with Crippen LogP contribution in [0.15, 0.2) is 18.2 Å². The van der Waals surface area contributed by atoms with Gasteiger partial charge in [0, 0.05) is 18.5 Å². The zero-order valence-corrected chi connectivity index (χ0v) is 11.1. The second-order valence-corrected chi connectivity index (χ2v) is 5.31. The highest BCUT2D eigenvalue weighted by Crippen LogP contribution is 2.13. The van der Waals surface area contributed by atoms with Crippen LogP contribution in [0.25, 0.3) is 0 Å². The topological polar surface area (TPSA) is 55.1 Å². The summed E-state index contributed by atoms with van der Waals surface area (Å²) in [5, 5.41) is 3.37. The van der Waals surface area contributed by atoms with Crippen molar-refractivity contribution >= 4 is 5.91 Å². The highest BCUT2D eigenvalue weighted by Gasteiger charge is 2.19. The van der Waals surface area contributed by atoms with Gasteiger partial charge in [0.1, 0.15) is 0 Å². The number of hydrogen-bond donors (Lipinski definition) is 2. The standard InChI is InChI=1S/C14H22N2O/c1-10-5-6-12(11(2)7-10)9-16-14(3,4)8-13(15)17/h5-7,16H,8-9H2,1-4H3,(H2,15,17). The number of nitrogens with one attached hydrogen (secondary N) is 1. The first-order chi connectivity index (χ1) is 7.80. The molecule has 0 bridgehead atoms. The smallest absolute Gasteiger partial charge is 0.219 e. The number of primary amides is 1. The fourth-order valence-corrected chi connectivity index (χ4v) is 1.88. The number of rotatable bonds is 5. The molecule has 0 aromatic heterocycles. The Hall–Kier alpha value is -1.35. The number of aryl methyl sites for hydroxylation is 2. The summed E-state index contributed by atoms with van der Waals surface area (Å²) in [6, 6.07) is 6.39. The Labute approximate surface area is 103 Å². The predicted molar refractivity (Wildman–Crippen MR) is 70.6 cm³/mol. The molecule has 0 fully saturated rings. The van der Waals surface area contributed by atoms with Crippen LogP contribution in [-0.2, 0) is 11.3 Å². The van der Waals surface area contributed by atoms with E-state index < -0.39 is 0 Å². The van der Waals surface area contributed by atoms with Crippen LogP contribution < -0.4 is 11.1 Å². The van der Waals surface area contributed by atoms with Gasteiger partial charge in [0.15, 0.2) is 0 Å². The number of benzene rings is 1. The van der Waals surface area contributed by atoms with Gasteiger partial charge in [0.25, 0.3) is 0 Å². The van der Waals surface area contributed by atoms with Gasteiger partial charge in [-0.1, -0.05) is 23.8 Å². The number of amides is 1. The second kappa shape index (κ2) is 5.32.